The topological polar surface area (TPSA) is 55.1 Å². The first-order valence-corrected chi connectivity index (χ1v) is 10.2. The molecule has 1 amide bonds. The Balaban J connectivity index is 1.46. The van der Waals surface area contributed by atoms with Gasteiger partial charge in [0.25, 0.3) is 0 Å². The van der Waals surface area contributed by atoms with E-state index in [0.717, 1.165) is 34.3 Å². The first-order valence-electron chi connectivity index (χ1n) is 10.2. The van der Waals surface area contributed by atoms with Gasteiger partial charge in [0.2, 0.25) is 11.8 Å². The fourth-order valence-corrected chi connectivity index (χ4v) is 3.23. The number of rotatable bonds is 6. The summed E-state index contributed by atoms with van der Waals surface area (Å²) < 4.78 is 5.92. The van der Waals surface area contributed by atoms with Gasteiger partial charge in [-0.3, -0.25) is 4.79 Å². The summed E-state index contributed by atoms with van der Waals surface area (Å²) in [4.78, 5) is 16.8. The number of hydrogen-bond donors (Lipinski definition) is 1. The molecule has 1 aromatic heterocycles. The number of fused-ring (bicyclic) bond motifs is 1. The Labute approximate surface area is 176 Å². The second-order valence-electron chi connectivity index (χ2n) is 7.37. The quantitative estimate of drug-likeness (QED) is 0.371. The zero-order valence-electron chi connectivity index (χ0n) is 17.1. The maximum Gasteiger partial charge on any atom is 0.248 e. The Kier molecular flexibility index (Phi) is 5.75. The molecule has 0 unspecified atom stereocenters. The molecule has 150 valence electrons. The maximum atomic E-state index is 12.1. The number of amides is 1. The molecule has 1 heterocycles. The van der Waals surface area contributed by atoms with Crippen LogP contribution < -0.4 is 5.32 Å². The van der Waals surface area contributed by atoms with Crippen molar-refractivity contribution in [1.29, 1.82) is 0 Å². The van der Waals surface area contributed by atoms with Gasteiger partial charge in [0.05, 0.1) is 0 Å². The molecule has 30 heavy (non-hydrogen) atoms. The second-order valence-corrected chi connectivity index (χ2v) is 7.37. The van der Waals surface area contributed by atoms with Crippen LogP contribution >= 0.6 is 0 Å². The van der Waals surface area contributed by atoms with Gasteiger partial charge < -0.3 is 9.73 Å². The van der Waals surface area contributed by atoms with E-state index in [-0.39, 0.29) is 5.91 Å². The van der Waals surface area contributed by atoms with E-state index in [1.54, 1.807) is 6.08 Å². The summed E-state index contributed by atoms with van der Waals surface area (Å²) in [5.74, 6) is 0.896. The van der Waals surface area contributed by atoms with Crippen LogP contribution in [0.4, 0.5) is 5.69 Å². The van der Waals surface area contributed by atoms with Crippen LogP contribution in [-0.4, -0.2) is 10.9 Å². The Morgan fingerprint density at radius 2 is 1.83 bits per heavy atom. The van der Waals surface area contributed by atoms with Gasteiger partial charge in [-0.15, -0.1) is 0 Å². The summed E-state index contributed by atoms with van der Waals surface area (Å²) in [5, 5.41) is 2.87. The Bertz CT molecular complexity index is 1170. The van der Waals surface area contributed by atoms with E-state index in [0.29, 0.717) is 11.8 Å². The molecular weight excluding hydrogens is 372 g/mol. The van der Waals surface area contributed by atoms with Gasteiger partial charge in [-0.25, -0.2) is 4.98 Å². The minimum absolute atomic E-state index is 0.175. The van der Waals surface area contributed by atoms with E-state index in [1.165, 1.54) is 11.6 Å². The van der Waals surface area contributed by atoms with Crippen molar-refractivity contribution >= 4 is 28.8 Å². The number of nitrogens with one attached hydrogen (secondary N) is 1. The van der Waals surface area contributed by atoms with Gasteiger partial charge in [0.1, 0.15) is 5.52 Å². The number of carbonyl (C=O) groups excluding carboxylic acids is 1. The predicted molar refractivity (Wildman–Crippen MR) is 122 cm³/mol. The first kappa shape index (κ1) is 19.6. The first-order chi connectivity index (χ1) is 14.6. The number of hydrogen-bond acceptors (Lipinski definition) is 3. The van der Waals surface area contributed by atoms with Crippen molar-refractivity contribution in [2.24, 2.45) is 0 Å². The average molecular weight is 396 g/mol. The van der Waals surface area contributed by atoms with E-state index < -0.39 is 0 Å². The molecule has 4 nitrogen and oxygen atoms in total. The molecule has 1 atom stereocenters. The fourth-order valence-electron chi connectivity index (χ4n) is 3.23. The van der Waals surface area contributed by atoms with Crippen molar-refractivity contribution in [3.8, 4) is 11.5 Å². The van der Waals surface area contributed by atoms with Gasteiger partial charge in [0.15, 0.2) is 5.58 Å². The van der Waals surface area contributed by atoms with Crippen LogP contribution in [0.25, 0.3) is 28.6 Å². The van der Waals surface area contributed by atoms with Crippen LogP contribution in [0.15, 0.2) is 83.3 Å². The zero-order valence-corrected chi connectivity index (χ0v) is 17.1. The summed E-state index contributed by atoms with van der Waals surface area (Å²) in [5.41, 5.74) is 5.49. The number of carbonyl (C=O) groups is 1. The van der Waals surface area contributed by atoms with Gasteiger partial charge in [-0.1, -0.05) is 50.2 Å². The number of anilines is 1. The zero-order chi connectivity index (χ0) is 20.9. The largest absolute Gasteiger partial charge is 0.436 e. The molecule has 0 spiro atoms. The highest BCUT2D eigenvalue weighted by Crippen LogP contribution is 2.28. The molecular formula is C26H24N2O2. The molecule has 0 aliphatic rings. The molecule has 3 aromatic carbocycles. The predicted octanol–water partition coefficient (Wildman–Crippen LogP) is 6.66. The molecule has 0 aliphatic carbocycles. The standard InChI is InChI=1S/C26H24N2O2/c1-3-18(2)21-12-15-24-23(17-21)28-26(30-24)20-10-13-22(14-11-20)27-25(29)16-9-19-7-5-4-6-8-19/h4-18H,3H2,1-2H3,(H,27,29)/b16-9+/t18-/m1/s1. The molecule has 0 radical (unpaired) electrons. The van der Waals surface area contributed by atoms with Crippen LogP contribution in [0.3, 0.4) is 0 Å². The van der Waals surface area contributed by atoms with E-state index in [4.69, 9.17) is 4.42 Å². The molecule has 4 heteroatoms. The third-order valence-corrected chi connectivity index (χ3v) is 5.22. The molecule has 1 N–H and O–H groups in total. The summed E-state index contributed by atoms with van der Waals surface area (Å²) in [6.45, 7) is 4.39. The Morgan fingerprint density at radius 1 is 1.07 bits per heavy atom. The number of aromatic nitrogens is 1. The fraction of sp³-hybridized carbons (Fsp3) is 0.154. The number of oxazole rings is 1. The van der Waals surface area contributed by atoms with E-state index >= 15 is 0 Å². The number of nitrogens with zero attached hydrogens (tertiary/aromatic N) is 1. The van der Waals surface area contributed by atoms with Crippen LogP contribution in [0.2, 0.25) is 0 Å². The third kappa shape index (κ3) is 4.49. The Hall–Kier alpha value is -3.66. The van der Waals surface area contributed by atoms with E-state index in [9.17, 15) is 4.79 Å². The molecule has 0 fully saturated rings. The van der Waals surface area contributed by atoms with E-state index in [1.807, 2.05) is 60.7 Å². The lowest BCUT2D eigenvalue weighted by Crippen LogP contribution is -2.07. The normalized spacial score (nSPS) is 12.3. The minimum atomic E-state index is -0.175. The van der Waals surface area contributed by atoms with Crippen molar-refractivity contribution in [2.45, 2.75) is 26.2 Å². The van der Waals surface area contributed by atoms with Crippen molar-refractivity contribution in [2.75, 3.05) is 5.32 Å². The van der Waals surface area contributed by atoms with Crippen LogP contribution in [0.1, 0.15) is 37.3 Å². The van der Waals surface area contributed by atoms with E-state index in [2.05, 4.69) is 36.3 Å². The lowest BCUT2D eigenvalue weighted by atomic mass is 9.98. The second kappa shape index (κ2) is 8.78. The average Bonchev–Trinajstić information content (AvgIpc) is 3.22. The van der Waals surface area contributed by atoms with Gasteiger partial charge in [-0.05, 0) is 65.9 Å². The van der Waals surface area contributed by atoms with Gasteiger partial charge in [-0.2, -0.15) is 0 Å². The highest BCUT2D eigenvalue weighted by molar-refractivity contribution is 6.02. The van der Waals surface area contributed by atoms with Gasteiger partial charge >= 0.3 is 0 Å². The van der Waals surface area contributed by atoms with Crippen molar-refractivity contribution in [3.05, 3.63) is 90.0 Å². The van der Waals surface area contributed by atoms with Crippen LogP contribution in [0, 0.1) is 0 Å². The number of benzene rings is 3. The highest BCUT2D eigenvalue weighted by atomic mass is 16.3. The summed E-state index contributed by atoms with van der Waals surface area (Å²) in [6.07, 6.45) is 4.40. The smallest absolute Gasteiger partial charge is 0.248 e. The monoisotopic (exact) mass is 396 g/mol. The molecule has 0 saturated carbocycles. The van der Waals surface area contributed by atoms with Crippen LogP contribution in [0.5, 0.6) is 0 Å². The lowest BCUT2D eigenvalue weighted by Gasteiger charge is -2.07. The summed E-state index contributed by atoms with van der Waals surface area (Å²) >= 11 is 0. The van der Waals surface area contributed by atoms with Gasteiger partial charge in [0, 0.05) is 17.3 Å². The SMILES string of the molecule is CC[C@@H](C)c1ccc2oc(-c3ccc(NC(=O)/C=C/c4ccccc4)cc3)nc2c1. The summed E-state index contributed by atoms with van der Waals surface area (Å²) in [6, 6.07) is 23.4. The molecule has 4 aromatic rings. The highest BCUT2D eigenvalue weighted by Gasteiger charge is 2.11. The molecule has 0 bridgehead atoms. The van der Waals surface area contributed by atoms with Crippen LogP contribution in [-0.2, 0) is 4.79 Å². The minimum Gasteiger partial charge on any atom is -0.436 e. The summed E-state index contributed by atoms with van der Waals surface area (Å²) in [7, 11) is 0. The van der Waals surface area contributed by atoms with Crippen molar-refractivity contribution in [1.82, 2.24) is 4.98 Å². The molecule has 4 rings (SSSR count). The Morgan fingerprint density at radius 3 is 2.57 bits per heavy atom. The van der Waals surface area contributed by atoms with Crippen molar-refractivity contribution in [3.63, 3.8) is 0 Å². The van der Waals surface area contributed by atoms with Crippen molar-refractivity contribution < 1.29 is 9.21 Å². The molecule has 0 saturated heterocycles. The third-order valence-electron chi connectivity index (χ3n) is 5.22. The maximum absolute atomic E-state index is 12.1. The molecule has 0 aliphatic heterocycles. The lowest BCUT2D eigenvalue weighted by molar-refractivity contribution is -0.111.